The molecule has 0 bridgehead atoms. The van der Waals surface area contributed by atoms with E-state index in [1.165, 1.54) is 34.8 Å². The van der Waals surface area contributed by atoms with Gasteiger partial charge in [0.1, 0.15) is 17.1 Å². The molecule has 0 saturated carbocycles. The van der Waals surface area contributed by atoms with Crippen LogP contribution in [-0.2, 0) is 0 Å². The average molecular weight is 488 g/mol. The number of nitrogens with zero attached hydrogens (tertiary/aromatic N) is 2. The number of carboxylic acid groups (broad SMARTS) is 1. The standard InChI is InChI=1S/C23H19F2N3O3S2/c1-12(2)19-18(13-5-7-15(8-6-13)31-22(24)25)27-23(33-19)28-20-16(21(29)30)10-14(11-26-20)17-4-3-9-32-17/h3-12,22H,1-2H3,(H,29,30)(H,26,27,28). The van der Waals surface area contributed by atoms with Crippen molar-refractivity contribution in [2.75, 3.05) is 5.32 Å². The van der Waals surface area contributed by atoms with Crippen molar-refractivity contribution in [3.8, 4) is 27.4 Å². The molecule has 0 fully saturated rings. The molecule has 0 unspecified atom stereocenters. The number of alkyl halides is 2. The van der Waals surface area contributed by atoms with E-state index in [4.69, 9.17) is 0 Å². The van der Waals surface area contributed by atoms with Crippen molar-refractivity contribution in [1.82, 2.24) is 9.97 Å². The van der Waals surface area contributed by atoms with Crippen LogP contribution >= 0.6 is 22.7 Å². The number of benzene rings is 1. The lowest BCUT2D eigenvalue weighted by Crippen LogP contribution is -2.05. The van der Waals surface area contributed by atoms with Crippen LogP contribution in [0.15, 0.2) is 54.0 Å². The van der Waals surface area contributed by atoms with Crippen LogP contribution in [0.4, 0.5) is 19.7 Å². The number of ether oxygens (including phenoxy) is 1. The third-order valence-electron chi connectivity index (χ3n) is 4.68. The Kier molecular flexibility index (Phi) is 6.66. The average Bonchev–Trinajstić information content (AvgIpc) is 3.44. The molecule has 0 aliphatic rings. The normalized spacial score (nSPS) is 11.2. The second-order valence-electron chi connectivity index (χ2n) is 7.32. The van der Waals surface area contributed by atoms with Crippen LogP contribution in [0.2, 0.25) is 0 Å². The van der Waals surface area contributed by atoms with Crippen LogP contribution in [0.25, 0.3) is 21.7 Å². The monoisotopic (exact) mass is 487 g/mol. The van der Waals surface area contributed by atoms with Crippen molar-refractivity contribution >= 4 is 39.6 Å². The number of hydrogen-bond donors (Lipinski definition) is 2. The highest BCUT2D eigenvalue weighted by atomic mass is 32.1. The van der Waals surface area contributed by atoms with Crippen LogP contribution in [-0.4, -0.2) is 27.7 Å². The predicted molar refractivity (Wildman–Crippen MR) is 126 cm³/mol. The summed E-state index contributed by atoms with van der Waals surface area (Å²) in [6.07, 6.45) is 1.63. The van der Waals surface area contributed by atoms with Gasteiger partial charge in [0.25, 0.3) is 0 Å². The molecule has 0 aliphatic heterocycles. The van der Waals surface area contributed by atoms with E-state index in [0.29, 0.717) is 10.8 Å². The third-order valence-corrected chi connectivity index (χ3v) is 6.87. The van der Waals surface area contributed by atoms with E-state index in [0.717, 1.165) is 20.9 Å². The molecule has 170 valence electrons. The smallest absolute Gasteiger partial charge is 0.387 e. The Hall–Kier alpha value is -3.37. The van der Waals surface area contributed by atoms with Crippen molar-refractivity contribution in [1.29, 1.82) is 0 Å². The zero-order valence-electron chi connectivity index (χ0n) is 17.6. The predicted octanol–water partition coefficient (Wildman–Crippen LogP) is 7.10. The van der Waals surface area contributed by atoms with Gasteiger partial charge in [0.05, 0.1) is 5.69 Å². The van der Waals surface area contributed by atoms with Gasteiger partial charge in [0.15, 0.2) is 5.13 Å². The number of hydrogen-bond acceptors (Lipinski definition) is 7. The SMILES string of the molecule is CC(C)c1sc(Nc2ncc(-c3cccs3)cc2C(=O)O)nc1-c1ccc(OC(F)F)cc1. The molecule has 0 saturated heterocycles. The fraction of sp³-hybridized carbons (Fsp3) is 0.174. The van der Waals surface area contributed by atoms with E-state index in [1.54, 1.807) is 24.4 Å². The topological polar surface area (TPSA) is 84.3 Å². The van der Waals surface area contributed by atoms with E-state index < -0.39 is 12.6 Å². The van der Waals surface area contributed by atoms with Gasteiger partial charge in [-0.25, -0.2) is 14.8 Å². The van der Waals surface area contributed by atoms with Crippen LogP contribution in [0, 0.1) is 0 Å². The minimum atomic E-state index is -2.89. The molecular weight excluding hydrogens is 468 g/mol. The zero-order valence-corrected chi connectivity index (χ0v) is 19.2. The van der Waals surface area contributed by atoms with Crippen LogP contribution in [0.1, 0.15) is 35.0 Å². The van der Waals surface area contributed by atoms with E-state index in [1.807, 2.05) is 31.4 Å². The number of carbonyl (C=O) groups is 1. The Labute approximate surface area is 196 Å². The summed E-state index contributed by atoms with van der Waals surface area (Å²) in [5.41, 5.74) is 2.19. The Bertz CT molecular complexity index is 1260. The number of aromatic nitrogens is 2. The van der Waals surface area contributed by atoms with Gasteiger partial charge in [0.2, 0.25) is 0 Å². The maximum atomic E-state index is 12.4. The minimum absolute atomic E-state index is 0.0391. The number of thiophene rings is 1. The van der Waals surface area contributed by atoms with Crippen molar-refractivity contribution in [2.24, 2.45) is 0 Å². The molecule has 10 heteroatoms. The van der Waals surface area contributed by atoms with Gasteiger partial charge in [-0.05, 0) is 47.7 Å². The molecule has 1 aromatic carbocycles. The first-order valence-corrected chi connectivity index (χ1v) is 11.6. The first kappa shape index (κ1) is 22.8. The summed E-state index contributed by atoms with van der Waals surface area (Å²) in [6.45, 7) is 1.15. The molecule has 0 amide bonds. The summed E-state index contributed by atoms with van der Waals surface area (Å²) in [6, 6.07) is 11.6. The summed E-state index contributed by atoms with van der Waals surface area (Å²) in [5.74, 6) is -0.703. The molecule has 33 heavy (non-hydrogen) atoms. The molecule has 2 N–H and O–H groups in total. The zero-order chi connectivity index (χ0) is 23.5. The second-order valence-corrected chi connectivity index (χ2v) is 9.30. The lowest BCUT2D eigenvalue weighted by Gasteiger charge is -2.08. The molecule has 4 rings (SSSR count). The van der Waals surface area contributed by atoms with E-state index in [9.17, 15) is 18.7 Å². The Morgan fingerprint density at radius 2 is 1.91 bits per heavy atom. The van der Waals surface area contributed by atoms with Gasteiger partial charge >= 0.3 is 12.6 Å². The van der Waals surface area contributed by atoms with Gasteiger partial charge < -0.3 is 15.2 Å². The van der Waals surface area contributed by atoms with Crippen LogP contribution < -0.4 is 10.1 Å². The summed E-state index contributed by atoms with van der Waals surface area (Å²) < 4.78 is 29.3. The number of anilines is 2. The van der Waals surface area contributed by atoms with Gasteiger partial charge in [-0.2, -0.15) is 8.78 Å². The molecule has 0 atom stereocenters. The highest BCUT2D eigenvalue weighted by Gasteiger charge is 2.19. The number of rotatable bonds is 8. The highest BCUT2D eigenvalue weighted by molar-refractivity contribution is 7.16. The van der Waals surface area contributed by atoms with E-state index in [-0.39, 0.29) is 23.0 Å². The molecule has 4 aromatic rings. The fourth-order valence-electron chi connectivity index (χ4n) is 3.18. The summed E-state index contributed by atoms with van der Waals surface area (Å²) in [7, 11) is 0. The van der Waals surface area contributed by atoms with Crippen molar-refractivity contribution in [3.63, 3.8) is 0 Å². The molecule has 0 radical (unpaired) electrons. The first-order chi connectivity index (χ1) is 15.8. The quantitative estimate of drug-likeness (QED) is 0.276. The second kappa shape index (κ2) is 9.63. The van der Waals surface area contributed by atoms with Gasteiger partial charge in [-0.1, -0.05) is 19.9 Å². The van der Waals surface area contributed by atoms with Gasteiger partial charge in [-0.15, -0.1) is 22.7 Å². The number of aromatic carboxylic acids is 1. The van der Waals surface area contributed by atoms with Gasteiger partial charge in [0, 0.05) is 27.1 Å². The summed E-state index contributed by atoms with van der Waals surface area (Å²) in [5, 5.41) is 15.2. The maximum absolute atomic E-state index is 12.4. The van der Waals surface area contributed by atoms with E-state index in [2.05, 4.69) is 20.0 Å². The summed E-state index contributed by atoms with van der Waals surface area (Å²) in [4.78, 5) is 22.8. The number of carboxylic acids is 1. The fourth-order valence-corrected chi connectivity index (χ4v) is 4.88. The van der Waals surface area contributed by atoms with Gasteiger partial charge in [-0.3, -0.25) is 0 Å². The molecule has 6 nitrogen and oxygen atoms in total. The molecule has 0 aliphatic carbocycles. The number of nitrogens with one attached hydrogen (secondary N) is 1. The van der Waals surface area contributed by atoms with Crippen molar-refractivity contribution in [3.05, 3.63) is 64.5 Å². The Morgan fingerprint density at radius 1 is 1.15 bits per heavy atom. The number of pyridine rings is 1. The Morgan fingerprint density at radius 3 is 2.52 bits per heavy atom. The third kappa shape index (κ3) is 5.18. The number of halogens is 2. The molecule has 0 spiro atoms. The lowest BCUT2D eigenvalue weighted by atomic mass is 10.1. The molecule has 3 heterocycles. The maximum Gasteiger partial charge on any atom is 0.387 e. The van der Waals surface area contributed by atoms with Crippen LogP contribution in [0.3, 0.4) is 0 Å². The minimum Gasteiger partial charge on any atom is -0.478 e. The highest BCUT2D eigenvalue weighted by Crippen LogP contribution is 2.38. The van der Waals surface area contributed by atoms with E-state index >= 15 is 0 Å². The Balaban J connectivity index is 1.66. The van der Waals surface area contributed by atoms with Crippen molar-refractivity contribution < 1.29 is 23.4 Å². The summed E-state index contributed by atoms with van der Waals surface area (Å²) >= 11 is 2.89. The van der Waals surface area contributed by atoms with Crippen molar-refractivity contribution in [2.45, 2.75) is 26.4 Å². The number of thiazole rings is 1. The van der Waals surface area contributed by atoms with Crippen LogP contribution in [0.5, 0.6) is 5.75 Å². The molecule has 3 aromatic heterocycles. The first-order valence-electron chi connectivity index (χ1n) is 9.92. The lowest BCUT2D eigenvalue weighted by molar-refractivity contribution is -0.0498. The molecular formula is C23H19F2N3O3S2. The largest absolute Gasteiger partial charge is 0.478 e.